The second-order valence-corrected chi connectivity index (χ2v) is 6.08. The Morgan fingerprint density at radius 3 is 2.63 bits per heavy atom. The Morgan fingerprint density at radius 1 is 1.47 bits per heavy atom. The highest BCUT2D eigenvalue weighted by atomic mass is 16.2. The zero-order valence-corrected chi connectivity index (χ0v) is 12.4. The predicted molar refractivity (Wildman–Crippen MR) is 76.5 cm³/mol. The lowest BCUT2D eigenvalue weighted by Gasteiger charge is -2.32. The number of hydrogen-bond donors (Lipinski definition) is 2. The number of aromatic nitrogens is 2. The van der Waals surface area contributed by atoms with E-state index in [9.17, 15) is 4.79 Å². The summed E-state index contributed by atoms with van der Waals surface area (Å²) in [7, 11) is 0. The van der Waals surface area contributed by atoms with Crippen LogP contribution < -0.4 is 11.1 Å². The first kappa shape index (κ1) is 15.7. The van der Waals surface area contributed by atoms with Gasteiger partial charge in [0, 0.05) is 18.9 Å². The number of amides is 1. The largest absolute Gasteiger partial charge is 0.350 e. The van der Waals surface area contributed by atoms with Gasteiger partial charge in [0.05, 0.1) is 18.4 Å². The van der Waals surface area contributed by atoms with Crippen molar-refractivity contribution in [3.8, 4) is 0 Å². The molecule has 3 N–H and O–H groups in total. The second kappa shape index (κ2) is 6.70. The van der Waals surface area contributed by atoms with Crippen LogP contribution in [0, 0.1) is 5.41 Å². The molecule has 0 aromatic carbocycles. The van der Waals surface area contributed by atoms with Gasteiger partial charge < -0.3 is 15.6 Å². The van der Waals surface area contributed by atoms with E-state index in [1.54, 1.807) is 12.5 Å². The number of nitrogens with one attached hydrogen (secondary N) is 1. The molecule has 0 spiro atoms. The van der Waals surface area contributed by atoms with Crippen LogP contribution in [0.25, 0.3) is 0 Å². The Labute approximate surface area is 115 Å². The predicted octanol–water partition coefficient (Wildman–Crippen LogP) is 1.54. The SMILES string of the molecule is CCC[C@@H](N)C(=O)NC(Cn1ccnc1)C(C)(C)C. The highest BCUT2D eigenvalue weighted by molar-refractivity contribution is 5.81. The van der Waals surface area contributed by atoms with Crippen molar-refractivity contribution in [1.29, 1.82) is 0 Å². The van der Waals surface area contributed by atoms with Crippen molar-refractivity contribution < 1.29 is 4.79 Å². The van der Waals surface area contributed by atoms with Crippen LogP contribution >= 0.6 is 0 Å². The van der Waals surface area contributed by atoms with E-state index in [4.69, 9.17) is 5.73 Å². The van der Waals surface area contributed by atoms with E-state index < -0.39 is 6.04 Å². The van der Waals surface area contributed by atoms with Crippen molar-refractivity contribution in [2.45, 2.75) is 59.2 Å². The van der Waals surface area contributed by atoms with Crippen LogP contribution in [-0.4, -0.2) is 27.5 Å². The lowest BCUT2D eigenvalue weighted by molar-refractivity contribution is -0.124. The van der Waals surface area contributed by atoms with Crippen LogP contribution in [0.4, 0.5) is 0 Å². The molecule has 19 heavy (non-hydrogen) atoms. The molecular weight excluding hydrogens is 240 g/mol. The third kappa shape index (κ3) is 5.03. The van der Waals surface area contributed by atoms with Gasteiger partial charge >= 0.3 is 0 Å². The molecule has 1 rings (SSSR count). The summed E-state index contributed by atoms with van der Waals surface area (Å²) in [5.41, 5.74) is 5.83. The minimum atomic E-state index is -0.419. The minimum absolute atomic E-state index is 0.0251. The average Bonchev–Trinajstić information content (AvgIpc) is 2.80. The van der Waals surface area contributed by atoms with Gasteiger partial charge in [0.25, 0.3) is 0 Å². The molecule has 0 aliphatic carbocycles. The minimum Gasteiger partial charge on any atom is -0.350 e. The van der Waals surface area contributed by atoms with Gasteiger partial charge in [-0.1, -0.05) is 34.1 Å². The zero-order chi connectivity index (χ0) is 14.5. The maximum absolute atomic E-state index is 12.1. The molecule has 0 aliphatic heterocycles. The van der Waals surface area contributed by atoms with E-state index in [0.29, 0.717) is 13.0 Å². The van der Waals surface area contributed by atoms with E-state index >= 15 is 0 Å². The molecule has 0 saturated heterocycles. The summed E-state index contributed by atoms with van der Waals surface area (Å²) in [6.07, 6.45) is 7.03. The van der Waals surface area contributed by atoms with Gasteiger partial charge in [-0.2, -0.15) is 0 Å². The molecule has 1 unspecified atom stereocenters. The molecular formula is C14H26N4O. The maximum Gasteiger partial charge on any atom is 0.237 e. The lowest BCUT2D eigenvalue weighted by atomic mass is 9.86. The standard InChI is InChI=1S/C14H26N4O/c1-5-6-11(15)13(19)17-12(14(2,3)4)9-18-8-7-16-10-18/h7-8,10-12H,5-6,9,15H2,1-4H3,(H,17,19)/t11-,12?/m1/s1. The van der Waals surface area contributed by atoms with Crippen LogP contribution in [0.5, 0.6) is 0 Å². The highest BCUT2D eigenvalue weighted by Crippen LogP contribution is 2.21. The Hall–Kier alpha value is -1.36. The summed E-state index contributed by atoms with van der Waals surface area (Å²) in [4.78, 5) is 16.1. The summed E-state index contributed by atoms with van der Waals surface area (Å²) in [5, 5.41) is 3.07. The molecule has 0 saturated carbocycles. The number of rotatable bonds is 6. The van der Waals surface area contributed by atoms with Gasteiger partial charge in [0.15, 0.2) is 0 Å². The van der Waals surface area contributed by atoms with Gasteiger partial charge in [-0.3, -0.25) is 4.79 Å². The first-order chi connectivity index (χ1) is 8.84. The number of carbonyl (C=O) groups excluding carboxylic acids is 1. The molecule has 0 radical (unpaired) electrons. The fourth-order valence-electron chi connectivity index (χ4n) is 1.86. The topological polar surface area (TPSA) is 72.9 Å². The summed E-state index contributed by atoms with van der Waals surface area (Å²) < 4.78 is 1.97. The fourth-order valence-corrected chi connectivity index (χ4v) is 1.86. The van der Waals surface area contributed by atoms with Crippen molar-refractivity contribution in [2.24, 2.45) is 11.1 Å². The van der Waals surface area contributed by atoms with Crippen LogP contribution in [0.3, 0.4) is 0 Å². The third-order valence-corrected chi connectivity index (χ3v) is 3.25. The van der Waals surface area contributed by atoms with E-state index in [2.05, 4.69) is 31.1 Å². The smallest absolute Gasteiger partial charge is 0.237 e. The van der Waals surface area contributed by atoms with Crippen molar-refractivity contribution in [3.05, 3.63) is 18.7 Å². The van der Waals surface area contributed by atoms with Crippen LogP contribution in [0.15, 0.2) is 18.7 Å². The van der Waals surface area contributed by atoms with Gasteiger partial charge in [0.1, 0.15) is 0 Å². The molecule has 0 aliphatic rings. The summed E-state index contributed by atoms with van der Waals surface area (Å²) >= 11 is 0. The van der Waals surface area contributed by atoms with Gasteiger partial charge in [-0.05, 0) is 11.8 Å². The first-order valence-corrected chi connectivity index (χ1v) is 6.86. The van der Waals surface area contributed by atoms with Crippen molar-refractivity contribution >= 4 is 5.91 Å². The van der Waals surface area contributed by atoms with E-state index in [0.717, 1.165) is 6.42 Å². The third-order valence-electron chi connectivity index (χ3n) is 3.25. The number of imidazole rings is 1. The normalized spacial score (nSPS) is 15.0. The van der Waals surface area contributed by atoms with Gasteiger partial charge in [-0.15, -0.1) is 0 Å². The van der Waals surface area contributed by atoms with E-state index in [1.807, 2.05) is 17.7 Å². The number of hydrogen-bond acceptors (Lipinski definition) is 3. The molecule has 0 fully saturated rings. The van der Waals surface area contributed by atoms with Crippen LogP contribution in [0.1, 0.15) is 40.5 Å². The average molecular weight is 266 g/mol. The fraction of sp³-hybridized carbons (Fsp3) is 0.714. The first-order valence-electron chi connectivity index (χ1n) is 6.86. The van der Waals surface area contributed by atoms with Crippen molar-refractivity contribution in [2.75, 3.05) is 0 Å². The monoisotopic (exact) mass is 266 g/mol. The summed E-state index contributed by atoms with van der Waals surface area (Å²) in [5.74, 6) is -0.0677. The lowest BCUT2D eigenvalue weighted by Crippen LogP contribution is -2.51. The molecule has 5 nitrogen and oxygen atoms in total. The molecule has 1 aromatic heterocycles. The Bertz CT molecular complexity index is 381. The Kier molecular flexibility index (Phi) is 5.54. The molecule has 0 bridgehead atoms. The van der Waals surface area contributed by atoms with Crippen molar-refractivity contribution in [3.63, 3.8) is 0 Å². The highest BCUT2D eigenvalue weighted by Gasteiger charge is 2.28. The molecule has 1 amide bonds. The molecule has 108 valence electrons. The maximum atomic E-state index is 12.1. The molecule has 1 aromatic rings. The second-order valence-electron chi connectivity index (χ2n) is 6.08. The van der Waals surface area contributed by atoms with Crippen LogP contribution in [-0.2, 0) is 11.3 Å². The summed E-state index contributed by atoms with van der Waals surface area (Å²) in [6.45, 7) is 9.06. The number of carbonyl (C=O) groups is 1. The van der Waals surface area contributed by atoms with E-state index in [1.165, 1.54) is 0 Å². The molecule has 2 atom stereocenters. The molecule has 5 heteroatoms. The number of nitrogens with zero attached hydrogens (tertiary/aromatic N) is 2. The van der Waals surface area contributed by atoms with Crippen LogP contribution in [0.2, 0.25) is 0 Å². The zero-order valence-electron chi connectivity index (χ0n) is 12.4. The quantitative estimate of drug-likeness (QED) is 0.820. The van der Waals surface area contributed by atoms with E-state index in [-0.39, 0.29) is 17.4 Å². The Morgan fingerprint density at radius 2 is 2.16 bits per heavy atom. The van der Waals surface area contributed by atoms with Gasteiger partial charge in [-0.25, -0.2) is 4.98 Å². The van der Waals surface area contributed by atoms with Crippen molar-refractivity contribution in [1.82, 2.24) is 14.9 Å². The number of nitrogens with two attached hydrogens (primary N) is 1. The Balaban J connectivity index is 2.68. The van der Waals surface area contributed by atoms with Gasteiger partial charge in [0.2, 0.25) is 5.91 Å². The summed E-state index contributed by atoms with van der Waals surface area (Å²) in [6, 6.07) is -0.394. The molecule has 1 heterocycles.